The molecule has 1 N–H and O–H groups in total. The molecular weight excluding hydrogens is 366 g/mol. The zero-order valence-corrected chi connectivity index (χ0v) is 17.1. The lowest BCUT2D eigenvalue weighted by molar-refractivity contribution is 0.0988. The van der Waals surface area contributed by atoms with E-state index in [9.17, 15) is 4.79 Å². The molecule has 2 aromatic carbocycles. The van der Waals surface area contributed by atoms with E-state index < -0.39 is 0 Å². The molecule has 0 fully saturated rings. The van der Waals surface area contributed by atoms with Crippen molar-refractivity contribution in [3.8, 4) is 11.5 Å². The van der Waals surface area contributed by atoms with Crippen molar-refractivity contribution in [2.24, 2.45) is 0 Å². The third kappa shape index (κ3) is 4.66. The van der Waals surface area contributed by atoms with Gasteiger partial charge in [0.05, 0.1) is 37.4 Å². The predicted octanol–water partition coefficient (Wildman–Crippen LogP) is 4.82. The molecule has 3 aromatic rings. The van der Waals surface area contributed by atoms with Crippen LogP contribution in [-0.4, -0.2) is 31.7 Å². The van der Waals surface area contributed by atoms with Crippen LogP contribution in [0.2, 0.25) is 0 Å². The quantitative estimate of drug-likeness (QED) is 0.626. The van der Waals surface area contributed by atoms with Gasteiger partial charge in [-0.3, -0.25) is 9.78 Å². The smallest absolute Gasteiger partial charge is 0.259 e. The van der Waals surface area contributed by atoms with Crippen LogP contribution < -0.4 is 19.7 Å². The summed E-state index contributed by atoms with van der Waals surface area (Å²) >= 11 is 0. The molecule has 0 aliphatic carbocycles. The lowest BCUT2D eigenvalue weighted by Crippen LogP contribution is -2.30. The molecule has 0 atom stereocenters. The average Bonchev–Trinajstić information content (AvgIpc) is 2.74. The van der Waals surface area contributed by atoms with Crippen molar-refractivity contribution in [3.63, 3.8) is 0 Å². The van der Waals surface area contributed by atoms with Gasteiger partial charge >= 0.3 is 0 Å². The Hall–Kier alpha value is -3.54. The van der Waals surface area contributed by atoms with E-state index in [2.05, 4.69) is 10.3 Å². The highest BCUT2D eigenvalue weighted by molar-refractivity contribution is 6.06. The van der Waals surface area contributed by atoms with Crippen LogP contribution in [0.5, 0.6) is 11.5 Å². The van der Waals surface area contributed by atoms with E-state index in [1.54, 1.807) is 37.6 Å². The summed E-state index contributed by atoms with van der Waals surface area (Å²) in [5, 5.41) is 3.26. The fourth-order valence-electron chi connectivity index (χ4n) is 3.09. The van der Waals surface area contributed by atoms with Crippen LogP contribution >= 0.6 is 0 Å². The summed E-state index contributed by atoms with van der Waals surface area (Å²) in [5.41, 5.74) is 3.88. The van der Waals surface area contributed by atoms with E-state index in [0.29, 0.717) is 29.3 Å². The Morgan fingerprint density at radius 2 is 1.90 bits per heavy atom. The van der Waals surface area contributed by atoms with Crippen LogP contribution in [0.1, 0.15) is 22.8 Å². The highest BCUT2D eigenvalue weighted by Crippen LogP contribution is 2.31. The van der Waals surface area contributed by atoms with Gasteiger partial charge in [-0.2, -0.15) is 0 Å². The molecule has 0 bridgehead atoms. The molecular formula is C23H25N3O3. The van der Waals surface area contributed by atoms with Crippen molar-refractivity contribution in [2.75, 3.05) is 31.0 Å². The van der Waals surface area contributed by atoms with Gasteiger partial charge in [0.2, 0.25) is 0 Å². The molecule has 0 radical (unpaired) electrons. The second-order valence-electron chi connectivity index (χ2n) is 6.54. The zero-order chi connectivity index (χ0) is 20.8. The highest BCUT2D eigenvalue weighted by atomic mass is 16.5. The van der Waals surface area contributed by atoms with E-state index >= 15 is 0 Å². The molecule has 0 aliphatic heterocycles. The van der Waals surface area contributed by atoms with Crippen molar-refractivity contribution >= 4 is 23.0 Å². The molecule has 1 heterocycles. The number of hydrogen-bond donors (Lipinski definition) is 1. The monoisotopic (exact) mass is 391 g/mol. The molecule has 1 aromatic heterocycles. The van der Waals surface area contributed by atoms with Crippen molar-refractivity contribution in [2.45, 2.75) is 13.8 Å². The number of amides is 1. The number of pyridine rings is 1. The second kappa shape index (κ2) is 9.10. The third-order valence-electron chi connectivity index (χ3n) is 4.55. The number of anilines is 3. The number of carbonyl (C=O) groups is 1. The number of methoxy groups -OCH3 is 2. The first-order valence-electron chi connectivity index (χ1n) is 9.38. The van der Waals surface area contributed by atoms with Crippen molar-refractivity contribution in [1.82, 2.24) is 4.98 Å². The lowest BCUT2D eigenvalue weighted by atomic mass is 10.1. The van der Waals surface area contributed by atoms with Gasteiger partial charge in [0.25, 0.3) is 5.91 Å². The molecule has 6 nitrogen and oxygen atoms in total. The van der Waals surface area contributed by atoms with Crippen molar-refractivity contribution in [1.29, 1.82) is 0 Å². The van der Waals surface area contributed by atoms with E-state index in [1.165, 1.54) is 0 Å². The maximum absolute atomic E-state index is 13.1. The number of ether oxygens (including phenoxy) is 2. The molecule has 0 aliphatic rings. The summed E-state index contributed by atoms with van der Waals surface area (Å²) < 4.78 is 10.7. The van der Waals surface area contributed by atoms with Crippen LogP contribution in [0.3, 0.4) is 0 Å². The molecule has 6 heteroatoms. The largest absolute Gasteiger partial charge is 0.497 e. The number of aromatic nitrogens is 1. The molecule has 0 saturated carbocycles. The van der Waals surface area contributed by atoms with Gasteiger partial charge in [0, 0.05) is 24.5 Å². The number of hydrogen-bond acceptors (Lipinski definition) is 5. The van der Waals surface area contributed by atoms with Gasteiger partial charge in [0.15, 0.2) is 0 Å². The Morgan fingerprint density at radius 1 is 1.07 bits per heavy atom. The first-order valence-corrected chi connectivity index (χ1v) is 9.38. The molecule has 0 saturated heterocycles. The topological polar surface area (TPSA) is 63.7 Å². The fourth-order valence-corrected chi connectivity index (χ4v) is 3.09. The molecule has 0 unspecified atom stereocenters. The second-order valence-corrected chi connectivity index (χ2v) is 6.54. The summed E-state index contributed by atoms with van der Waals surface area (Å²) in [6, 6.07) is 15.2. The molecule has 3 rings (SSSR count). The Balaban J connectivity index is 1.88. The normalized spacial score (nSPS) is 10.3. The first kappa shape index (κ1) is 20.2. The maximum atomic E-state index is 13.1. The van der Waals surface area contributed by atoms with Gasteiger partial charge < -0.3 is 19.7 Å². The highest BCUT2D eigenvalue weighted by Gasteiger charge is 2.17. The van der Waals surface area contributed by atoms with Gasteiger partial charge in [-0.1, -0.05) is 12.1 Å². The number of rotatable bonds is 7. The third-order valence-corrected chi connectivity index (χ3v) is 4.55. The summed E-state index contributed by atoms with van der Waals surface area (Å²) in [6.07, 6.45) is 3.24. The molecule has 29 heavy (non-hydrogen) atoms. The van der Waals surface area contributed by atoms with Crippen LogP contribution in [0, 0.1) is 6.92 Å². The first-order chi connectivity index (χ1) is 14.0. The molecule has 0 spiro atoms. The Kier molecular flexibility index (Phi) is 6.34. The minimum absolute atomic E-state index is 0.105. The van der Waals surface area contributed by atoms with Crippen LogP contribution in [0.4, 0.5) is 17.1 Å². The number of aryl methyl sites for hydroxylation is 1. The maximum Gasteiger partial charge on any atom is 0.259 e. The van der Waals surface area contributed by atoms with Crippen LogP contribution in [0.25, 0.3) is 0 Å². The Morgan fingerprint density at radius 3 is 2.59 bits per heavy atom. The van der Waals surface area contributed by atoms with Crippen LogP contribution in [0.15, 0.2) is 60.9 Å². The number of nitrogens with zero attached hydrogens (tertiary/aromatic N) is 2. The summed E-state index contributed by atoms with van der Waals surface area (Å²) in [7, 11) is 3.21. The number of carbonyl (C=O) groups excluding carboxylic acids is 1. The Labute approximate surface area is 171 Å². The van der Waals surface area contributed by atoms with E-state index in [1.807, 2.05) is 56.3 Å². The summed E-state index contributed by atoms with van der Waals surface area (Å²) in [4.78, 5) is 19.1. The standard InChI is InChI=1S/C23H25N3O3/c1-5-26(19-8-6-7-16(2)11-19)23(27)17-12-18(15-24-14-17)25-21-13-20(28-3)9-10-22(21)29-4/h6-15,25H,5H2,1-4H3. The van der Waals surface area contributed by atoms with Crippen LogP contribution in [-0.2, 0) is 0 Å². The minimum Gasteiger partial charge on any atom is -0.497 e. The van der Waals surface area contributed by atoms with E-state index in [0.717, 1.165) is 16.9 Å². The van der Waals surface area contributed by atoms with Gasteiger partial charge in [-0.15, -0.1) is 0 Å². The predicted molar refractivity (Wildman–Crippen MR) is 116 cm³/mol. The van der Waals surface area contributed by atoms with E-state index in [-0.39, 0.29) is 5.91 Å². The van der Waals surface area contributed by atoms with E-state index in [4.69, 9.17) is 9.47 Å². The minimum atomic E-state index is -0.105. The summed E-state index contributed by atoms with van der Waals surface area (Å²) in [5.74, 6) is 1.26. The number of nitrogens with one attached hydrogen (secondary N) is 1. The van der Waals surface area contributed by atoms with Gasteiger partial charge in [-0.25, -0.2) is 0 Å². The Bertz CT molecular complexity index is 1000. The fraction of sp³-hybridized carbons (Fsp3) is 0.217. The molecule has 1 amide bonds. The lowest BCUT2D eigenvalue weighted by Gasteiger charge is -2.22. The molecule has 150 valence electrons. The SMILES string of the molecule is CCN(C(=O)c1cncc(Nc2cc(OC)ccc2OC)c1)c1cccc(C)c1. The van der Waals surface area contributed by atoms with Gasteiger partial charge in [-0.05, 0) is 49.7 Å². The summed E-state index contributed by atoms with van der Waals surface area (Å²) in [6.45, 7) is 4.52. The average molecular weight is 391 g/mol. The zero-order valence-electron chi connectivity index (χ0n) is 17.1. The van der Waals surface area contributed by atoms with Crippen molar-refractivity contribution < 1.29 is 14.3 Å². The number of benzene rings is 2. The van der Waals surface area contributed by atoms with Crippen molar-refractivity contribution in [3.05, 3.63) is 72.1 Å². The van der Waals surface area contributed by atoms with Gasteiger partial charge in [0.1, 0.15) is 11.5 Å².